The van der Waals surface area contributed by atoms with Crippen LogP contribution in [0.25, 0.3) is 6.08 Å². The molecule has 5 nitrogen and oxygen atoms in total. The Bertz CT molecular complexity index is 684. The Hall–Kier alpha value is -2.69. The van der Waals surface area contributed by atoms with E-state index in [1.807, 2.05) is 35.0 Å². The van der Waals surface area contributed by atoms with Gasteiger partial charge in [0.25, 0.3) is 6.33 Å². The standard InChI is InChI=1S/C17H19N2O3/c1-3-22-17(21)16-8-6-15(7-9-16)5-4-10-18-11-12-19(13-18)14(2)20/h4-9,11-13H,3,10H2,1-2H3/q+1/b5-4+. The van der Waals surface area contributed by atoms with E-state index in [1.54, 1.807) is 31.6 Å². The molecule has 1 heterocycles. The van der Waals surface area contributed by atoms with Crippen LogP contribution in [-0.2, 0) is 11.3 Å². The highest BCUT2D eigenvalue weighted by Gasteiger charge is 2.06. The number of ether oxygens (including phenoxy) is 1. The summed E-state index contributed by atoms with van der Waals surface area (Å²) in [7, 11) is 0. The highest BCUT2D eigenvalue weighted by Crippen LogP contribution is 2.07. The van der Waals surface area contributed by atoms with E-state index in [0.717, 1.165) is 5.56 Å². The Morgan fingerprint density at radius 2 is 2.00 bits per heavy atom. The SMILES string of the molecule is CCOC(=O)c1ccc(/C=C/C[n+]2ccn(C(C)=O)c2)cc1. The Morgan fingerprint density at radius 1 is 1.27 bits per heavy atom. The molecule has 1 aromatic carbocycles. The number of allylic oxidation sites excluding steroid dienone is 1. The van der Waals surface area contributed by atoms with Crippen molar-refractivity contribution in [3.63, 3.8) is 0 Å². The molecule has 0 saturated heterocycles. The number of benzene rings is 1. The first-order valence-electron chi connectivity index (χ1n) is 7.12. The van der Waals surface area contributed by atoms with E-state index >= 15 is 0 Å². The van der Waals surface area contributed by atoms with Crippen LogP contribution in [0.4, 0.5) is 0 Å². The molecular weight excluding hydrogens is 280 g/mol. The summed E-state index contributed by atoms with van der Waals surface area (Å²) in [6, 6.07) is 7.23. The average Bonchev–Trinajstić information content (AvgIpc) is 2.97. The van der Waals surface area contributed by atoms with Crippen molar-refractivity contribution in [2.24, 2.45) is 0 Å². The number of nitrogens with zero attached hydrogens (tertiary/aromatic N) is 2. The van der Waals surface area contributed by atoms with Crippen molar-refractivity contribution in [2.45, 2.75) is 20.4 Å². The van der Waals surface area contributed by atoms with E-state index in [0.29, 0.717) is 18.7 Å². The summed E-state index contributed by atoms with van der Waals surface area (Å²) in [6.45, 7) is 4.34. The molecule has 1 aromatic heterocycles. The number of rotatable bonds is 5. The lowest BCUT2D eigenvalue weighted by molar-refractivity contribution is -0.686. The van der Waals surface area contributed by atoms with Crippen LogP contribution < -0.4 is 4.57 Å². The van der Waals surface area contributed by atoms with Crippen molar-refractivity contribution >= 4 is 18.0 Å². The molecule has 5 heteroatoms. The van der Waals surface area contributed by atoms with Gasteiger partial charge in [-0.3, -0.25) is 0 Å². The predicted molar refractivity (Wildman–Crippen MR) is 82.4 cm³/mol. The molecule has 0 bridgehead atoms. The molecule has 0 amide bonds. The third kappa shape index (κ3) is 4.15. The molecule has 0 fully saturated rings. The van der Waals surface area contributed by atoms with Gasteiger partial charge in [-0.1, -0.05) is 18.2 Å². The number of carbonyl (C=O) groups is 2. The van der Waals surface area contributed by atoms with Crippen molar-refractivity contribution < 1.29 is 18.9 Å². The van der Waals surface area contributed by atoms with Gasteiger partial charge in [-0.25, -0.2) is 14.2 Å². The fourth-order valence-electron chi connectivity index (χ4n) is 1.94. The molecule has 0 aliphatic carbocycles. The van der Waals surface area contributed by atoms with Crippen molar-refractivity contribution in [3.05, 3.63) is 60.2 Å². The number of hydrogen-bond acceptors (Lipinski definition) is 3. The average molecular weight is 299 g/mol. The van der Waals surface area contributed by atoms with E-state index in [4.69, 9.17) is 4.74 Å². The summed E-state index contributed by atoms with van der Waals surface area (Å²) in [6.07, 6.45) is 9.27. The predicted octanol–water partition coefficient (Wildman–Crippen LogP) is 2.33. The summed E-state index contributed by atoms with van der Waals surface area (Å²) >= 11 is 0. The van der Waals surface area contributed by atoms with Crippen molar-refractivity contribution in [2.75, 3.05) is 6.61 Å². The van der Waals surface area contributed by atoms with Crippen LogP contribution in [0, 0.1) is 0 Å². The largest absolute Gasteiger partial charge is 0.462 e. The molecule has 22 heavy (non-hydrogen) atoms. The first kappa shape index (κ1) is 15.7. The highest BCUT2D eigenvalue weighted by atomic mass is 16.5. The molecular formula is C17H19N2O3+. The van der Waals surface area contributed by atoms with Crippen LogP contribution in [-0.4, -0.2) is 23.1 Å². The minimum Gasteiger partial charge on any atom is -0.462 e. The van der Waals surface area contributed by atoms with Crippen molar-refractivity contribution in [1.29, 1.82) is 0 Å². The zero-order valence-electron chi connectivity index (χ0n) is 12.7. The van der Waals surface area contributed by atoms with Gasteiger partial charge in [-0.05, 0) is 30.7 Å². The fraction of sp³-hybridized carbons (Fsp3) is 0.235. The zero-order chi connectivity index (χ0) is 15.9. The summed E-state index contributed by atoms with van der Waals surface area (Å²) in [5.41, 5.74) is 1.55. The second-order valence-electron chi connectivity index (χ2n) is 4.78. The summed E-state index contributed by atoms with van der Waals surface area (Å²) in [4.78, 5) is 22.7. The van der Waals surface area contributed by atoms with Gasteiger partial charge in [0, 0.05) is 6.92 Å². The topological polar surface area (TPSA) is 52.2 Å². The Balaban J connectivity index is 1.95. The minimum absolute atomic E-state index is 0.0164. The maximum atomic E-state index is 11.5. The summed E-state index contributed by atoms with van der Waals surface area (Å²) in [5.74, 6) is -0.323. The number of hydrogen-bond donors (Lipinski definition) is 0. The summed E-state index contributed by atoms with van der Waals surface area (Å²) < 4.78 is 8.38. The quantitative estimate of drug-likeness (QED) is 0.629. The van der Waals surface area contributed by atoms with Gasteiger partial charge >= 0.3 is 11.9 Å². The smallest absolute Gasteiger partial charge is 0.338 e. The molecule has 114 valence electrons. The first-order chi connectivity index (χ1) is 10.6. The molecule has 0 unspecified atom stereocenters. The van der Waals surface area contributed by atoms with Crippen LogP contribution in [0.15, 0.2) is 49.1 Å². The number of aromatic nitrogens is 2. The van der Waals surface area contributed by atoms with Gasteiger partial charge in [-0.15, -0.1) is 0 Å². The van der Waals surface area contributed by atoms with Crippen LogP contribution in [0.3, 0.4) is 0 Å². The maximum absolute atomic E-state index is 11.5. The van der Waals surface area contributed by atoms with Gasteiger partial charge in [-0.2, -0.15) is 4.57 Å². The molecule has 2 rings (SSSR count). The van der Waals surface area contributed by atoms with Crippen molar-refractivity contribution in [3.8, 4) is 0 Å². The van der Waals surface area contributed by atoms with Gasteiger partial charge in [0.1, 0.15) is 18.9 Å². The molecule has 0 saturated carbocycles. The number of imidazole rings is 1. The highest BCUT2D eigenvalue weighted by molar-refractivity contribution is 5.89. The molecule has 0 spiro atoms. The zero-order valence-corrected chi connectivity index (χ0v) is 12.7. The third-order valence-corrected chi connectivity index (χ3v) is 3.10. The van der Waals surface area contributed by atoms with Gasteiger partial charge < -0.3 is 4.74 Å². The van der Waals surface area contributed by atoms with E-state index in [9.17, 15) is 9.59 Å². The Labute approximate surface area is 129 Å². The molecule has 0 radical (unpaired) electrons. The van der Waals surface area contributed by atoms with E-state index in [1.165, 1.54) is 11.5 Å². The Kier molecular flexibility index (Phi) is 5.25. The second-order valence-corrected chi connectivity index (χ2v) is 4.78. The van der Waals surface area contributed by atoms with E-state index in [2.05, 4.69) is 0 Å². The maximum Gasteiger partial charge on any atom is 0.338 e. The lowest BCUT2D eigenvalue weighted by atomic mass is 10.1. The Morgan fingerprint density at radius 3 is 2.59 bits per heavy atom. The van der Waals surface area contributed by atoms with Crippen molar-refractivity contribution in [1.82, 2.24) is 4.57 Å². The molecule has 0 N–H and O–H groups in total. The van der Waals surface area contributed by atoms with Crippen LogP contribution in [0.1, 0.15) is 34.6 Å². The van der Waals surface area contributed by atoms with E-state index < -0.39 is 0 Å². The molecule has 2 aromatic rings. The minimum atomic E-state index is -0.306. The number of carbonyl (C=O) groups excluding carboxylic acids is 2. The number of esters is 1. The lowest BCUT2D eigenvalue weighted by Gasteiger charge is -2.01. The fourth-order valence-corrected chi connectivity index (χ4v) is 1.94. The lowest BCUT2D eigenvalue weighted by Crippen LogP contribution is -2.30. The monoisotopic (exact) mass is 299 g/mol. The molecule has 0 aliphatic heterocycles. The third-order valence-electron chi connectivity index (χ3n) is 3.10. The van der Waals surface area contributed by atoms with Crippen LogP contribution >= 0.6 is 0 Å². The van der Waals surface area contributed by atoms with Gasteiger partial charge in [0.05, 0.1) is 12.2 Å². The molecule has 0 aliphatic rings. The van der Waals surface area contributed by atoms with Crippen LogP contribution in [0.2, 0.25) is 0 Å². The van der Waals surface area contributed by atoms with Crippen LogP contribution in [0.5, 0.6) is 0 Å². The second kappa shape index (κ2) is 7.36. The molecule has 0 atom stereocenters. The first-order valence-corrected chi connectivity index (χ1v) is 7.12. The summed E-state index contributed by atoms with van der Waals surface area (Å²) in [5, 5.41) is 0. The van der Waals surface area contributed by atoms with Gasteiger partial charge in [0.2, 0.25) is 0 Å². The normalized spacial score (nSPS) is 10.8. The van der Waals surface area contributed by atoms with E-state index in [-0.39, 0.29) is 11.9 Å². The van der Waals surface area contributed by atoms with Gasteiger partial charge in [0.15, 0.2) is 0 Å².